The van der Waals surface area contributed by atoms with Gasteiger partial charge in [0.05, 0.1) is 16.3 Å². The summed E-state index contributed by atoms with van der Waals surface area (Å²) < 4.78 is 14.5. The van der Waals surface area contributed by atoms with E-state index in [1.807, 2.05) is 0 Å². The van der Waals surface area contributed by atoms with Crippen molar-refractivity contribution in [3.05, 3.63) is 62.8 Å². The number of hydrogen-bond donors (Lipinski definition) is 2. The highest BCUT2D eigenvalue weighted by atomic mass is 79.9. The molecule has 0 saturated heterocycles. The Labute approximate surface area is 128 Å². The van der Waals surface area contributed by atoms with Gasteiger partial charge in [-0.1, -0.05) is 27.5 Å². The van der Waals surface area contributed by atoms with Gasteiger partial charge < -0.3 is 10.4 Å². The fourth-order valence-corrected chi connectivity index (χ4v) is 2.21. The van der Waals surface area contributed by atoms with Crippen LogP contribution in [0.25, 0.3) is 0 Å². The third kappa shape index (κ3) is 3.49. The molecule has 0 heterocycles. The highest BCUT2D eigenvalue weighted by molar-refractivity contribution is 9.10. The number of rotatable bonds is 4. The number of hydrogen-bond acceptors (Lipinski definition) is 2. The van der Waals surface area contributed by atoms with E-state index in [0.717, 1.165) is 10.5 Å². The molecular formula is C14H10BrClFNO2. The first kappa shape index (κ1) is 14.8. The number of aromatic carboxylic acids is 1. The number of carboxylic acid groups (broad SMARTS) is 1. The van der Waals surface area contributed by atoms with Crippen LogP contribution in [0.5, 0.6) is 0 Å². The molecule has 2 aromatic carbocycles. The van der Waals surface area contributed by atoms with Crippen LogP contribution in [0.2, 0.25) is 5.02 Å². The van der Waals surface area contributed by atoms with Crippen molar-refractivity contribution in [1.29, 1.82) is 0 Å². The maximum atomic E-state index is 13.6. The van der Waals surface area contributed by atoms with Crippen LogP contribution in [0.1, 0.15) is 15.9 Å². The normalized spacial score (nSPS) is 10.3. The van der Waals surface area contributed by atoms with Crippen molar-refractivity contribution in [3.8, 4) is 0 Å². The first-order valence-electron chi connectivity index (χ1n) is 5.68. The van der Waals surface area contributed by atoms with E-state index in [1.165, 1.54) is 12.1 Å². The van der Waals surface area contributed by atoms with Crippen LogP contribution in [0, 0.1) is 5.82 Å². The second kappa shape index (κ2) is 6.24. The zero-order chi connectivity index (χ0) is 14.7. The lowest BCUT2D eigenvalue weighted by Crippen LogP contribution is -2.05. The molecule has 0 amide bonds. The van der Waals surface area contributed by atoms with Crippen molar-refractivity contribution in [2.24, 2.45) is 0 Å². The van der Waals surface area contributed by atoms with E-state index < -0.39 is 11.8 Å². The Hall–Kier alpha value is -1.59. The Balaban J connectivity index is 2.20. The lowest BCUT2D eigenvalue weighted by molar-refractivity contribution is 0.0696. The molecule has 6 heteroatoms. The summed E-state index contributed by atoms with van der Waals surface area (Å²) in [5.41, 5.74) is 0.950. The second-order valence-electron chi connectivity index (χ2n) is 4.09. The Kier molecular flexibility index (Phi) is 4.62. The number of benzene rings is 2. The van der Waals surface area contributed by atoms with Crippen molar-refractivity contribution in [3.63, 3.8) is 0 Å². The summed E-state index contributed by atoms with van der Waals surface area (Å²) in [5, 5.41) is 12.4. The molecule has 0 spiro atoms. The van der Waals surface area contributed by atoms with Crippen molar-refractivity contribution in [2.45, 2.75) is 6.54 Å². The van der Waals surface area contributed by atoms with Gasteiger partial charge in [0.1, 0.15) is 5.82 Å². The molecule has 0 atom stereocenters. The molecule has 2 N–H and O–H groups in total. The van der Waals surface area contributed by atoms with Gasteiger partial charge in [-0.25, -0.2) is 9.18 Å². The van der Waals surface area contributed by atoms with Gasteiger partial charge in [-0.15, -0.1) is 0 Å². The van der Waals surface area contributed by atoms with Crippen LogP contribution in [-0.2, 0) is 6.54 Å². The predicted molar refractivity (Wildman–Crippen MR) is 79.8 cm³/mol. The topological polar surface area (TPSA) is 49.3 Å². The minimum absolute atomic E-state index is 0.0449. The lowest BCUT2D eigenvalue weighted by atomic mass is 10.1. The van der Waals surface area contributed by atoms with Crippen LogP contribution in [0.15, 0.2) is 40.9 Å². The van der Waals surface area contributed by atoms with E-state index in [0.29, 0.717) is 10.7 Å². The fourth-order valence-electron chi connectivity index (χ4n) is 1.67. The van der Waals surface area contributed by atoms with Crippen molar-refractivity contribution in [2.75, 3.05) is 5.32 Å². The zero-order valence-electron chi connectivity index (χ0n) is 10.2. The van der Waals surface area contributed by atoms with Crippen LogP contribution in [0.4, 0.5) is 10.1 Å². The maximum Gasteiger partial charge on any atom is 0.335 e. The second-order valence-corrected chi connectivity index (χ2v) is 5.41. The van der Waals surface area contributed by atoms with Gasteiger partial charge in [-0.2, -0.15) is 0 Å². The minimum Gasteiger partial charge on any atom is -0.478 e. The standard InChI is InChI=1S/C14H10BrClFNO2/c15-10-2-3-11(16)13(6-10)18-7-9-5-8(14(19)20)1-4-12(9)17/h1-6,18H,7H2,(H,19,20). The summed E-state index contributed by atoms with van der Waals surface area (Å²) in [4.78, 5) is 10.9. The van der Waals surface area contributed by atoms with E-state index in [9.17, 15) is 9.18 Å². The summed E-state index contributed by atoms with van der Waals surface area (Å²) in [6.45, 7) is 0.142. The summed E-state index contributed by atoms with van der Waals surface area (Å²) in [5.74, 6) is -1.56. The van der Waals surface area contributed by atoms with E-state index in [1.54, 1.807) is 18.2 Å². The number of nitrogens with one attached hydrogen (secondary N) is 1. The molecule has 0 unspecified atom stereocenters. The lowest BCUT2D eigenvalue weighted by Gasteiger charge is -2.10. The molecular weight excluding hydrogens is 349 g/mol. The molecule has 3 nitrogen and oxygen atoms in total. The van der Waals surface area contributed by atoms with Crippen LogP contribution >= 0.6 is 27.5 Å². The van der Waals surface area contributed by atoms with Gasteiger partial charge in [-0.3, -0.25) is 0 Å². The van der Waals surface area contributed by atoms with Gasteiger partial charge in [-0.05, 0) is 36.4 Å². The summed E-state index contributed by atoms with van der Waals surface area (Å²) in [6, 6.07) is 8.94. The Morgan fingerprint density at radius 1 is 1.30 bits per heavy atom. The van der Waals surface area contributed by atoms with Crippen molar-refractivity contribution >= 4 is 39.2 Å². The first-order valence-corrected chi connectivity index (χ1v) is 6.85. The molecule has 0 fully saturated rings. The van der Waals surface area contributed by atoms with E-state index in [2.05, 4.69) is 21.2 Å². The molecule has 0 aliphatic heterocycles. The Morgan fingerprint density at radius 2 is 2.05 bits per heavy atom. The quantitative estimate of drug-likeness (QED) is 0.843. The minimum atomic E-state index is -1.09. The van der Waals surface area contributed by atoms with E-state index >= 15 is 0 Å². The maximum absolute atomic E-state index is 13.6. The molecule has 2 aromatic rings. The Bertz CT molecular complexity index is 664. The highest BCUT2D eigenvalue weighted by Crippen LogP contribution is 2.26. The van der Waals surface area contributed by atoms with Gasteiger partial charge in [0.25, 0.3) is 0 Å². The number of carbonyl (C=O) groups is 1. The molecule has 0 aromatic heterocycles. The van der Waals surface area contributed by atoms with Gasteiger partial charge in [0, 0.05) is 16.6 Å². The molecule has 0 aliphatic rings. The SMILES string of the molecule is O=C(O)c1ccc(F)c(CNc2cc(Br)ccc2Cl)c1. The van der Waals surface area contributed by atoms with Crippen LogP contribution in [-0.4, -0.2) is 11.1 Å². The van der Waals surface area contributed by atoms with Crippen molar-refractivity contribution in [1.82, 2.24) is 0 Å². The molecule has 0 saturated carbocycles. The fraction of sp³-hybridized carbons (Fsp3) is 0.0714. The van der Waals surface area contributed by atoms with E-state index in [4.69, 9.17) is 16.7 Å². The first-order chi connectivity index (χ1) is 9.47. The van der Waals surface area contributed by atoms with Gasteiger partial charge >= 0.3 is 5.97 Å². The number of carboxylic acids is 1. The predicted octanol–water partition coefficient (Wildman–Crippen LogP) is 4.55. The van der Waals surface area contributed by atoms with Gasteiger partial charge in [0.2, 0.25) is 0 Å². The molecule has 0 aliphatic carbocycles. The molecule has 104 valence electrons. The number of anilines is 1. The zero-order valence-corrected chi connectivity index (χ0v) is 12.5. The largest absolute Gasteiger partial charge is 0.478 e. The van der Waals surface area contributed by atoms with E-state index in [-0.39, 0.29) is 17.7 Å². The molecule has 2 rings (SSSR count). The van der Waals surface area contributed by atoms with Crippen molar-refractivity contribution < 1.29 is 14.3 Å². The Morgan fingerprint density at radius 3 is 2.75 bits per heavy atom. The highest BCUT2D eigenvalue weighted by Gasteiger charge is 2.09. The number of halogens is 3. The molecule has 20 heavy (non-hydrogen) atoms. The smallest absolute Gasteiger partial charge is 0.335 e. The summed E-state index contributed by atoms with van der Waals surface area (Å²) in [6.07, 6.45) is 0. The third-order valence-electron chi connectivity index (χ3n) is 2.69. The summed E-state index contributed by atoms with van der Waals surface area (Å²) >= 11 is 9.33. The monoisotopic (exact) mass is 357 g/mol. The van der Waals surface area contributed by atoms with Crippen LogP contribution in [0.3, 0.4) is 0 Å². The van der Waals surface area contributed by atoms with Crippen LogP contribution < -0.4 is 5.32 Å². The average molecular weight is 359 g/mol. The molecule has 0 radical (unpaired) electrons. The average Bonchev–Trinajstić information content (AvgIpc) is 2.41. The third-order valence-corrected chi connectivity index (χ3v) is 3.51. The molecule has 0 bridgehead atoms. The summed E-state index contributed by atoms with van der Waals surface area (Å²) in [7, 11) is 0. The van der Waals surface area contributed by atoms with Gasteiger partial charge in [0.15, 0.2) is 0 Å².